The summed E-state index contributed by atoms with van der Waals surface area (Å²) in [7, 11) is 2.11. The standard InChI is InChI=1S/C20H25N/c1-20(2,16-12-8-5-9-13-16)19(21-3)18-14-17(18)15-10-6-4-7-11-15/h4-13,17-19,21H,14H2,1-3H3. The van der Waals surface area contributed by atoms with Crippen molar-refractivity contribution in [2.75, 3.05) is 7.05 Å². The summed E-state index contributed by atoms with van der Waals surface area (Å²) in [6.07, 6.45) is 1.30. The maximum absolute atomic E-state index is 3.60. The van der Waals surface area contributed by atoms with Crippen LogP contribution in [-0.4, -0.2) is 13.1 Å². The molecule has 1 N–H and O–H groups in total. The van der Waals surface area contributed by atoms with Crippen molar-refractivity contribution in [2.24, 2.45) is 5.92 Å². The van der Waals surface area contributed by atoms with Crippen molar-refractivity contribution in [2.45, 2.75) is 37.6 Å². The number of benzene rings is 2. The van der Waals surface area contributed by atoms with Gasteiger partial charge in [0.2, 0.25) is 0 Å². The zero-order chi connectivity index (χ0) is 14.9. The Bertz CT molecular complexity index is 573. The third-order valence-electron chi connectivity index (χ3n) is 5.10. The van der Waals surface area contributed by atoms with Gasteiger partial charge in [0.15, 0.2) is 0 Å². The maximum Gasteiger partial charge on any atom is 0.0190 e. The van der Waals surface area contributed by atoms with Gasteiger partial charge in [0, 0.05) is 11.5 Å². The van der Waals surface area contributed by atoms with Crippen molar-refractivity contribution in [3.63, 3.8) is 0 Å². The minimum absolute atomic E-state index is 0.143. The van der Waals surface area contributed by atoms with E-state index in [1.54, 1.807) is 0 Å². The van der Waals surface area contributed by atoms with Gasteiger partial charge in [-0.1, -0.05) is 74.5 Å². The van der Waals surface area contributed by atoms with E-state index in [4.69, 9.17) is 0 Å². The van der Waals surface area contributed by atoms with Crippen molar-refractivity contribution in [1.82, 2.24) is 5.32 Å². The van der Waals surface area contributed by atoms with Crippen molar-refractivity contribution < 1.29 is 0 Å². The Morgan fingerprint density at radius 1 is 0.952 bits per heavy atom. The van der Waals surface area contributed by atoms with Gasteiger partial charge in [-0.2, -0.15) is 0 Å². The molecule has 0 radical (unpaired) electrons. The van der Waals surface area contributed by atoms with Crippen LogP contribution < -0.4 is 5.32 Å². The van der Waals surface area contributed by atoms with Gasteiger partial charge in [-0.05, 0) is 36.4 Å². The quantitative estimate of drug-likeness (QED) is 0.857. The SMILES string of the molecule is CNC(C1CC1c1ccccc1)C(C)(C)c1ccccc1. The molecule has 1 aliphatic rings. The summed E-state index contributed by atoms with van der Waals surface area (Å²) in [4.78, 5) is 0. The van der Waals surface area contributed by atoms with Gasteiger partial charge in [-0.15, -0.1) is 0 Å². The molecule has 1 fully saturated rings. The van der Waals surface area contributed by atoms with Crippen LogP contribution in [0.1, 0.15) is 37.3 Å². The fourth-order valence-corrected chi connectivity index (χ4v) is 3.82. The first-order valence-electron chi connectivity index (χ1n) is 7.92. The third-order valence-corrected chi connectivity index (χ3v) is 5.10. The molecule has 110 valence electrons. The molecule has 1 heteroatoms. The van der Waals surface area contributed by atoms with E-state index >= 15 is 0 Å². The molecular weight excluding hydrogens is 254 g/mol. The Hall–Kier alpha value is -1.60. The molecule has 2 aromatic rings. The molecule has 0 spiro atoms. The van der Waals surface area contributed by atoms with E-state index in [9.17, 15) is 0 Å². The number of hydrogen-bond donors (Lipinski definition) is 1. The highest BCUT2D eigenvalue weighted by atomic mass is 14.9. The van der Waals surface area contributed by atoms with Crippen LogP contribution in [0.25, 0.3) is 0 Å². The van der Waals surface area contributed by atoms with Gasteiger partial charge in [0.05, 0.1) is 0 Å². The first-order valence-corrected chi connectivity index (χ1v) is 7.92. The lowest BCUT2D eigenvalue weighted by Crippen LogP contribution is -2.45. The second-order valence-electron chi connectivity index (χ2n) is 6.77. The highest BCUT2D eigenvalue weighted by Gasteiger charge is 2.48. The van der Waals surface area contributed by atoms with E-state index in [0.717, 1.165) is 5.92 Å². The second-order valence-corrected chi connectivity index (χ2v) is 6.77. The maximum atomic E-state index is 3.60. The zero-order valence-electron chi connectivity index (χ0n) is 13.2. The molecule has 0 aromatic heterocycles. The van der Waals surface area contributed by atoms with Crippen LogP contribution in [0.2, 0.25) is 0 Å². The lowest BCUT2D eigenvalue weighted by Gasteiger charge is -2.35. The lowest BCUT2D eigenvalue weighted by molar-refractivity contribution is 0.321. The van der Waals surface area contributed by atoms with E-state index in [-0.39, 0.29) is 5.41 Å². The van der Waals surface area contributed by atoms with Crippen LogP contribution in [0.3, 0.4) is 0 Å². The van der Waals surface area contributed by atoms with E-state index in [1.807, 2.05) is 0 Å². The van der Waals surface area contributed by atoms with E-state index in [2.05, 4.69) is 86.9 Å². The Morgan fingerprint density at radius 2 is 1.52 bits per heavy atom. The van der Waals surface area contributed by atoms with Gasteiger partial charge in [0.1, 0.15) is 0 Å². The van der Waals surface area contributed by atoms with Crippen LogP contribution >= 0.6 is 0 Å². The predicted molar refractivity (Wildman–Crippen MR) is 89.6 cm³/mol. The average Bonchev–Trinajstić information content (AvgIpc) is 3.30. The smallest absolute Gasteiger partial charge is 0.0190 e. The molecule has 3 unspecified atom stereocenters. The Balaban J connectivity index is 1.81. The first-order chi connectivity index (χ1) is 10.1. The van der Waals surface area contributed by atoms with Gasteiger partial charge in [0.25, 0.3) is 0 Å². The lowest BCUT2D eigenvalue weighted by atomic mass is 9.75. The first kappa shape index (κ1) is 14.3. The molecule has 0 bridgehead atoms. The van der Waals surface area contributed by atoms with Gasteiger partial charge >= 0.3 is 0 Å². The number of rotatable bonds is 5. The molecule has 1 nitrogen and oxygen atoms in total. The third kappa shape index (κ3) is 2.75. The molecule has 21 heavy (non-hydrogen) atoms. The summed E-state index contributed by atoms with van der Waals surface area (Å²) in [5.41, 5.74) is 3.05. The van der Waals surface area contributed by atoms with E-state index < -0.39 is 0 Å². The number of likely N-dealkylation sites (N-methyl/N-ethyl adjacent to an activating group) is 1. The van der Waals surface area contributed by atoms with Crippen LogP contribution in [-0.2, 0) is 5.41 Å². The largest absolute Gasteiger partial charge is 0.316 e. The van der Waals surface area contributed by atoms with Gasteiger partial charge in [-0.25, -0.2) is 0 Å². The van der Waals surface area contributed by atoms with Crippen LogP contribution in [0.15, 0.2) is 60.7 Å². The van der Waals surface area contributed by atoms with Crippen LogP contribution in [0, 0.1) is 5.92 Å². The highest BCUT2D eigenvalue weighted by molar-refractivity contribution is 5.32. The zero-order valence-corrected chi connectivity index (χ0v) is 13.2. The highest BCUT2D eigenvalue weighted by Crippen LogP contribution is 2.53. The fourth-order valence-electron chi connectivity index (χ4n) is 3.82. The summed E-state index contributed by atoms with van der Waals surface area (Å²) in [6, 6.07) is 22.3. The molecule has 1 saturated carbocycles. The van der Waals surface area contributed by atoms with E-state index in [0.29, 0.717) is 12.0 Å². The topological polar surface area (TPSA) is 12.0 Å². The summed E-state index contributed by atoms with van der Waals surface area (Å²) < 4.78 is 0. The molecule has 1 aliphatic carbocycles. The monoisotopic (exact) mass is 279 g/mol. The normalized spacial score (nSPS) is 22.8. The minimum Gasteiger partial charge on any atom is -0.316 e. The fraction of sp³-hybridized carbons (Fsp3) is 0.400. The Kier molecular flexibility index (Phi) is 3.86. The predicted octanol–water partition coefficient (Wildman–Crippen LogP) is 4.36. The summed E-state index contributed by atoms with van der Waals surface area (Å²) in [5, 5.41) is 3.60. The summed E-state index contributed by atoms with van der Waals surface area (Å²) >= 11 is 0. The summed E-state index contributed by atoms with van der Waals surface area (Å²) in [6.45, 7) is 4.73. The minimum atomic E-state index is 0.143. The number of hydrogen-bond acceptors (Lipinski definition) is 1. The second kappa shape index (κ2) is 5.65. The molecular formula is C20H25N. The van der Waals surface area contributed by atoms with E-state index in [1.165, 1.54) is 17.5 Å². The molecule has 3 atom stereocenters. The molecule has 2 aromatic carbocycles. The summed E-state index contributed by atoms with van der Waals surface area (Å²) in [5.74, 6) is 1.44. The molecule has 0 heterocycles. The van der Waals surface area contributed by atoms with Gasteiger partial charge < -0.3 is 5.32 Å². The van der Waals surface area contributed by atoms with Crippen LogP contribution in [0.4, 0.5) is 0 Å². The van der Waals surface area contributed by atoms with Crippen LogP contribution in [0.5, 0.6) is 0 Å². The molecule has 0 saturated heterocycles. The Morgan fingerprint density at radius 3 is 2.10 bits per heavy atom. The Labute approximate surface area is 128 Å². The van der Waals surface area contributed by atoms with Crippen molar-refractivity contribution in [3.05, 3.63) is 71.8 Å². The van der Waals surface area contributed by atoms with Crippen molar-refractivity contribution >= 4 is 0 Å². The number of nitrogens with one attached hydrogen (secondary N) is 1. The molecule has 3 rings (SSSR count). The van der Waals surface area contributed by atoms with Gasteiger partial charge in [-0.3, -0.25) is 0 Å². The molecule has 0 amide bonds. The molecule has 0 aliphatic heterocycles. The van der Waals surface area contributed by atoms with Crippen molar-refractivity contribution in [1.29, 1.82) is 0 Å². The van der Waals surface area contributed by atoms with Crippen molar-refractivity contribution in [3.8, 4) is 0 Å². The average molecular weight is 279 g/mol.